The lowest BCUT2D eigenvalue weighted by Crippen LogP contribution is -2.37. The SMILES string of the molecule is CCCCCCC/C=C\C/C=C\C/C=C\CCCCCCCCCCCCCCC(=O)OC(COC(=O)CCCCCCCCCCCCCCCCCCCCCCCCCCCCCCC)COP(=O)(O)OCC[N+](C)(C)C. The average Bonchev–Trinajstić information content (AvgIpc) is 3.42. The highest BCUT2D eigenvalue weighted by Gasteiger charge is 2.27. The molecule has 0 rings (SSSR count). The van der Waals surface area contributed by atoms with Gasteiger partial charge in [-0.3, -0.25) is 18.6 Å². The largest absolute Gasteiger partial charge is 0.472 e. The quantitative estimate of drug-likeness (QED) is 0.0211. The minimum atomic E-state index is -4.39. The predicted octanol–water partition coefficient (Wildman–Crippen LogP) is 22.3. The van der Waals surface area contributed by atoms with Crippen LogP contribution in [0, 0.1) is 0 Å². The summed E-state index contributed by atoms with van der Waals surface area (Å²) >= 11 is 0. The molecule has 80 heavy (non-hydrogen) atoms. The molecule has 0 aromatic carbocycles. The number of nitrogens with zero attached hydrogens (tertiary/aromatic N) is 1. The van der Waals surface area contributed by atoms with Gasteiger partial charge in [0.25, 0.3) is 0 Å². The summed E-state index contributed by atoms with van der Waals surface area (Å²) in [6.07, 6.45) is 78.2. The van der Waals surface area contributed by atoms with E-state index in [4.69, 9.17) is 18.5 Å². The second kappa shape index (κ2) is 61.8. The van der Waals surface area contributed by atoms with Gasteiger partial charge >= 0.3 is 19.8 Å². The average molecular weight is 1150 g/mol. The second-order valence-corrected chi connectivity index (χ2v) is 26.4. The first-order valence-electron chi connectivity index (χ1n) is 34.7. The first kappa shape index (κ1) is 78.2. The lowest BCUT2D eigenvalue weighted by molar-refractivity contribution is -0.870. The van der Waals surface area contributed by atoms with E-state index in [1.54, 1.807) is 0 Å². The highest BCUT2D eigenvalue weighted by Crippen LogP contribution is 2.43. The van der Waals surface area contributed by atoms with Crippen LogP contribution in [-0.4, -0.2) is 74.9 Å². The fraction of sp³-hybridized carbons (Fsp3) is 0.886. The molecule has 0 aliphatic heterocycles. The van der Waals surface area contributed by atoms with Crippen LogP contribution in [0.1, 0.15) is 348 Å². The fourth-order valence-corrected chi connectivity index (χ4v) is 11.1. The molecule has 0 saturated carbocycles. The van der Waals surface area contributed by atoms with Gasteiger partial charge in [-0.05, 0) is 51.4 Å². The van der Waals surface area contributed by atoms with Crippen molar-refractivity contribution in [3.05, 3.63) is 36.5 Å². The Morgan fingerprint density at radius 3 is 1.00 bits per heavy atom. The molecule has 0 aromatic heterocycles. The molecule has 0 bridgehead atoms. The number of likely N-dealkylation sites (N-methyl/N-ethyl adjacent to an activating group) is 1. The number of hydrogen-bond donors (Lipinski definition) is 1. The van der Waals surface area contributed by atoms with Gasteiger partial charge in [-0.2, -0.15) is 0 Å². The highest BCUT2D eigenvalue weighted by molar-refractivity contribution is 7.47. The van der Waals surface area contributed by atoms with Crippen molar-refractivity contribution in [1.29, 1.82) is 0 Å². The Morgan fingerprint density at radius 1 is 0.388 bits per heavy atom. The van der Waals surface area contributed by atoms with Crippen LogP contribution in [0.4, 0.5) is 0 Å². The van der Waals surface area contributed by atoms with Crippen molar-refractivity contribution in [2.45, 2.75) is 354 Å². The number of esters is 2. The third-order valence-electron chi connectivity index (χ3n) is 15.7. The zero-order valence-electron chi connectivity index (χ0n) is 53.8. The molecule has 0 aliphatic carbocycles. The van der Waals surface area contributed by atoms with E-state index >= 15 is 0 Å². The smallest absolute Gasteiger partial charge is 0.462 e. The van der Waals surface area contributed by atoms with E-state index in [0.29, 0.717) is 23.9 Å². The van der Waals surface area contributed by atoms with Crippen molar-refractivity contribution < 1.29 is 42.1 Å². The van der Waals surface area contributed by atoms with E-state index in [1.165, 1.54) is 270 Å². The zero-order valence-corrected chi connectivity index (χ0v) is 54.7. The molecule has 9 nitrogen and oxygen atoms in total. The molecule has 0 amide bonds. The molecule has 0 aliphatic rings. The van der Waals surface area contributed by atoms with E-state index in [1.807, 2.05) is 21.1 Å². The topological polar surface area (TPSA) is 108 Å². The highest BCUT2D eigenvalue weighted by atomic mass is 31.2. The summed E-state index contributed by atoms with van der Waals surface area (Å²) in [6.45, 7) is 4.49. The molecule has 472 valence electrons. The van der Waals surface area contributed by atoms with Crippen molar-refractivity contribution in [2.24, 2.45) is 0 Å². The normalized spacial score (nSPS) is 13.3. The fourth-order valence-electron chi connectivity index (χ4n) is 10.3. The molecule has 10 heteroatoms. The third kappa shape index (κ3) is 65.4. The number of hydrogen-bond acceptors (Lipinski definition) is 7. The third-order valence-corrected chi connectivity index (χ3v) is 16.7. The Hall–Kier alpha value is -1.77. The van der Waals surface area contributed by atoms with Gasteiger partial charge in [0.1, 0.15) is 19.8 Å². The van der Waals surface area contributed by atoms with Crippen LogP contribution in [0.3, 0.4) is 0 Å². The van der Waals surface area contributed by atoms with Gasteiger partial charge in [-0.15, -0.1) is 0 Å². The van der Waals surface area contributed by atoms with Gasteiger partial charge < -0.3 is 18.9 Å². The summed E-state index contributed by atoms with van der Waals surface area (Å²) in [5.41, 5.74) is 0. The number of allylic oxidation sites excluding steroid dienone is 6. The molecule has 0 aromatic rings. The Labute approximate surface area is 497 Å². The molecule has 1 N–H and O–H groups in total. The molecule has 2 atom stereocenters. The molecular formula is C70H135NO8P+. The van der Waals surface area contributed by atoms with Crippen LogP contribution >= 0.6 is 7.82 Å². The number of phosphoric ester groups is 1. The first-order valence-corrected chi connectivity index (χ1v) is 36.2. The van der Waals surface area contributed by atoms with Crippen LogP contribution in [0.25, 0.3) is 0 Å². The van der Waals surface area contributed by atoms with Gasteiger partial charge in [-0.25, -0.2) is 4.57 Å². The van der Waals surface area contributed by atoms with Crippen LogP contribution in [0.5, 0.6) is 0 Å². The summed E-state index contributed by atoms with van der Waals surface area (Å²) in [6, 6.07) is 0. The predicted molar refractivity (Wildman–Crippen MR) is 344 cm³/mol. The maximum absolute atomic E-state index is 12.9. The van der Waals surface area contributed by atoms with E-state index in [9.17, 15) is 19.0 Å². The molecule has 0 radical (unpaired) electrons. The van der Waals surface area contributed by atoms with E-state index in [0.717, 1.165) is 44.9 Å². The minimum absolute atomic E-state index is 0.0333. The lowest BCUT2D eigenvalue weighted by Gasteiger charge is -2.24. The monoisotopic (exact) mass is 1150 g/mol. The van der Waals surface area contributed by atoms with Crippen LogP contribution in [0.15, 0.2) is 36.5 Å². The van der Waals surface area contributed by atoms with E-state index in [-0.39, 0.29) is 25.6 Å². The van der Waals surface area contributed by atoms with Gasteiger partial charge in [-0.1, -0.05) is 320 Å². The summed E-state index contributed by atoms with van der Waals surface area (Å²) in [5.74, 6) is -0.780. The van der Waals surface area contributed by atoms with Gasteiger partial charge in [0.15, 0.2) is 6.10 Å². The van der Waals surface area contributed by atoms with Crippen molar-refractivity contribution in [2.75, 3.05) is 47.5 Å². The number of ether oxygens (including phenoxy) is 2. The Kier molecular flexibility index (Phi) is 60.4. The molecule has 0 saturated heterocycles. The van der Waals surface area contributed by atoms with Crippen molar-refractivity contribution in [1.82, 2.24) is 0 Å². The second-order valence-electron chi connectivity index (χ2n) is 24.9. The summed E-state index contributed by atoms with van der Waals surface area (Å²) in [7, 11) is 1.49. The Morgan fingerprint density at radius 2 is 0.675 bits per heavy atom. The number of carbonyl (C=O) groups is 2. The number of rotatable bonds is 65. The zero-order chi connectivity index (χ0) is 58.4. The molecule has 2 unspecified atom stereocenters. The summed E-state index contributed by atoms with van der Waals surface area (Å²) < 4.78 is 34.7. The lowest BCUT2D eigenvalue weighted by atomic mass is 10.0. The van der Waals surface area contributed by atoms with Crippen LogP contribution in [0.2, 0.25) is 0 Å². The number of unbranched alkanes of at least 4 members (excludes halogenated alkanes) is 45. The van der Waals surface area contributed by atoms with Crippen molar-refractivity contribution >= 4 is 19.8 Å². The van der Waals surface area contributed by atoms with E-state index < -0.39 is 26.5 Å². The van der Waals surface area contributed by atoms with Gasteiger partial charge in [0.05, 0.1) is 27.7 Å². The maximum Gasteiger partial charge on any atom is 0.472 e. The van der Waals surface area contributed by atoms with E-state index in [2.05, 4.69) is 50.3 Å². The summed E-state index contributed by atoms with van der Waals surface area (Å²) in [5, 5.41) is 0. The molecular weight excluding hydrogens is 1010 g/mol. The first-order chi connectivity index (χ1) is 39.0. The van der Waals surface area contributed by atoms with Gasteiger partial charge in [0.2, 0.25) is 0 Å². The molecule has 0 fully saturated rings. The summed E-state index contributed by atoms with van der Waals surface area (Å²) in [4.78, 5) is 35.9. The van der Waals surface area contributed by atoms with Crippen molar-refractivity contribution in [3.63, 3.8) is 0 Å². The maximum atomic E-state index is 12.9. The Balaban J connectivity index is 4.02. The molecule has 0 spiro atoms. The minimum Gasteiger partial charge on any atom is -0.462 e. The van der Waals surface area contributed by atoms with Crippen molar-refractivity contribution in [3.8, 4) is 0 Å². The standard InChI is InChI=1S/C70H134NO8P/c1-6-8-10-12-14-16-18-20-22-24-26-28-30-32-34-35-37-38-40-42-44-46-48-50-52-54-56-58-60-62-69(72)76-66-68(67-78-80(74,75)77-65-64-71(3,4)5)79-70(73)63-61-59-57-55-53-51-49-47-45-43-41-39-36-33-31-29-27-25-23-21-19-17-15-13-11-9-7-2/h19,21,25,27,31,33,68H,6-18,20,22-24,26,28-30,32,34-67H2,1-5H3/p+1/b21-19-,27-25-,33-31-. The number of phosphoric acid groups is 1. The Bertz CT molecular complexity index is 1440. The van der Waals surface area contributed by atoms with Crippen LogP contribution in [-0.2, 0) is 32.7 Å². The van der Waals surface area contributed by atoms with Gasteiger partial charge in [0, 0.05) is 12.8 Å². The van der Waals surface area contributed by atoms with Crippen LogP contribution < -0.4 is 0 Å². The number of quaternary nitrogens is 1. The molecule has 0 heterocycles. The number of carbonyl (C=O) groups excluding carboxylic acids is 2.